The molecule has 6 heteroatoms. The molecule has 31 heavy (non-hydrogen) atoms. The van der Waals surface area contributed by atoms with Crippen LogP contribution in [0.15, 0.2) is 18.2 Å². The first-order valence-electron chi connectivity index (χ1n) is 12.0. The molecule has 0 bridgehead atoms. The fourth-order valence-electron chi connectivity index (χ4n) is 5.54. The normalized spacial score (nSPS) is 28.2. The summed E-state index contributed by atoms with van der Waals surface area (Å²) in [7, 11) is 0. The molecule has 3 fully saturated rings. The molecule has 2 aliphatic carbocycles. The van der Waals surface area contributed by atoms with Gasteiger partial charge in [-0.15, -0.1) is 0 Å². The highest BCUT2D eigenvalue weighted by molar-refractivity contribution is 6.22. The number of carbonyl (C=O) groups excluding carboxylic acids is 3. The number of hydrogen-bond acceptors (Lipinski definition) is 4. The van der Waals surface area contributed by atoms with Gasteiger partial charge in [0.25, 0.3) is 17.7 Å². The highest BCUT2D eigenvalue weighted by Crippen LogP contribution is 2.37. The molecular weight excluding hydrogens is 392 g/mol. The van der Waals surface area contributed by atoms with Gasteiger partial charge in [0, 0.05) is 24.3 Å². The summed E-state index contributed by atoms with van der Waals surface area (Å²) >= 11 is 0. The van der Waals surface area contributed by atoms with Crippen molar-refractivity contribution in [2.24, 2.45) is 5.92 Å². The summed E-state index contributed by atoms with van der Waals surface area (Å²) < 4.78 is 5.61. The number of ether oxygens (including phenoxy) is 1. The lowest BCUT2D eigenvalue weighted by Gasteiger charge is -2.37. The van der Waals surface area contributed by atoms with E-state index in [9.17, 15) is 14.4 Å². The number of carbonyl (C=O) groups is 3. The van der Waals surface area contributed by atoms with Gasteiger partial charge in [-0.2, -0.15) is 0 Å². The number of benzene rings is 1. The van der Waals surface area contributed by atoms with Gasteiger partial charge in [0.2, 0.25) is 0 Å². The van der Waals surface area contributed by atoms with E-state index in [-0.39, 0.29) is 23.8 Å². The number of imide groups is 1. The van der Waals surface area contributed by atoms with Crippen LogP contribution in [0.4, 0.5) is 0 Å². The third kappa shape index (κ3) is 3.91. The molecule has 0 radical (unpaired) electrons. The lowest BCUT2D eigenvalue weighted by molar-refractivity contribution is 0.0475. The highest BCUT2D eigenvalue weighted by Gasteiger charge is 2.41. The lowest BCUT2D eigenvalue weighted by atomic mass is 9.83. The minimum absolute atomic E-state index is 0.0167. The van der Waals surface area contributed by atoms with Crippen LogP contribution in [0.25, 0.3) is 0 Å². The molecule has 0 N–H and O–H groups in total. The van der Waals surface area contributed by atoms with Crippen LogP contribution in [-0.2, 0) is 4.74 Å². The average molecular weight is 425 g/mol. The van der Waals surface area contributed by atoms with E-state index < -0.39 is 0 Å². The SMILES string of the molecule is CCC1CCC(N(C(=O)c2ccc3c(c2)C(=O)N(CC2CCCO2)C3=O)C2CC2)CC1. The van der Waals surface area contributed by atoms with Crippen molar-refractivity contribution in [1.82, 2.24) is 9.80 Å². The number of amides is 3. The Hall–Kier alpha value is -2.21. The molecule has 1 aromatic rings. The van der Waals surface area contributed by atoms with E-state index in [1.165, 1.54) is 24.2 Å². The molecule has 2 aliphatic heterocycles. The maximum Gasteiger partial charge on any atom is 0.261 e. The van der Waals surface area contributed by atoms with E-state index in [0.29, 0.717) is 41.9 Å². The topological polar surface area (TPSA) is 66.9 Å². The molecule has 4 aliphatic rings. The quantitative estimate of drug-likeness (QED) is 0.647. The molecule has 166 valence electrons. The molecule has 1 atom stereocenters. The molecular formula is C25H32N2O4. The van der Waals surface area contributed by atoms with Gasteiger partial charge in [0.15, 0.2) is 0 Å². The van der Waals surface area contributed by atoms with Crippen LogP contribution < -0.4 is 0 Å². The smallest absolute Gasteiger partial charge is 0.261 e. The van der Waals surface area contributed by atoms with Crippen molar-refractivity contribution < 1.29 is 19.1 Å². The molecule has 2 saturated carbocycles. The maximum atomic E-state index is 13.5. The van der Waals surface area contributed by atoms with E-state index in [2.05, 4.69) is 11.8 Å². The molecule has 6 nitrogen and oxygen atoms in total. The molecule has 1 saturated heterocycles. The van der Waals surface area contributed by atoms with Crippen molar-refractivity contribution in [2.45, 2.75) is 82.9 Å². The molecule has 3 amide bonds. The fourth-order valence-corrected chi connectivity index (χ4v) is 5.54. The van der Waals surface area contributed by atoms with E-state index in [0.717, 1.165) is 44.4 Å². The zero-order valence-corrected chi connectivity index (χ0v) is 18.3. The number of nitrogens with zero attached hydrogens (tertiary/aromatic N) is 2. The predicted molar refractivity (Wildman–Crippen MR) is 116 cm³/mol. The second-order valence-electron chi connectivity index (χ2n) is 9.64. The summed E-state index contributed by atoms with van der Waals surface area (Å²) in [5, 5.41) is 0. The summed E-state index contributed by atoms with van der Waals surface area (Å²) in [6, 6.07) is 5.67. The average Bonchev–Trinajstić information content (AvgIpc) is 3.44. The van der Waals surface area contributed by atoms with E-state index >= 15 is 0 Å². The molecule has 2 heterocycles. The van der Waals surface area contributed by atoms with Crippen molar-refractivity contribution in [3.63, 3.8) is 0 Å². The van der Waals surface area contributed by atoms with Gasteiger partial charge in [0.1, 0.15) is 0 Å². The Bertz CT molecular complexity index is 880. The summed E-state index contributed by atoms with van der Waals surface area (Å²) in [4.78, 5) is 42.7. The van der Waals surface area contributed by atoms with Crippen LogP contribution in [0.1, 0.15) is 95.8 Å². The van der Waals surface area contributed by atoms with Gasteiger partial charge >= 0.3 is 0 Å². The summed E-state index contributed by atoms with van der Waals surface area (Å²) in [5.41, 5.74) is 1.30. The summed E-state index contributed by atoms with van der Waals surface area (Å²) in [5.74, 6) is 0.229. The van der Waals surface area contributed by atoms with Crippen molar-refractivity contribution in [2.75, 3.05) is 13.2 Å². The second-order valence-corrected chi connectivity index (χ2v) is 9.64. The van der Waals surface area contributed by atoms with Crippen molar-refractivity contribution in [3.05, 3.63) is 34.9 Å². The Kier molecular flexibility index (Phi) is 5.59. The Labute approximate surface area is 183 Å². The van der Waals surface area contributed by atoms with Crippen molar-refractivity contribution in [1.29, 1.82) is 0 Å². The van der Waals surface area contributed by atoms with Gasteiger partial charge in [-0.1, -0.05) is 13.3 Å². The third-order valence-electron chi connectivity index (χ3n) is 7.59. The fraction of sp³-hybridized carbons (Fsp3) is 0.640. The number of rotatable bonds is 6. The largest absolute Gasteiger partial charge is 0.376 e. The van der Waals surface area contributed by atoms with E-state index in [1.807, 2.05) is 0 Å². The molecule has 1 unspecified atom stereocenters. The van der Waals surface area contributed by atoms with E-state index in [1.54, 1.807) is 18.2 Å². The van der Waals surface area contributed by atoms with Crippen LogP contribution in [0, 0.1) is 5.92 Å². The second kappa shape index (κ2) is 8.38. The van der Waals surface area contributed by atoms with Gasteiger partial charge < -0.3 is 9.64 Å². The first kappa shape index (κ1) is 20.7. The first-order valence-corrected chi connectivity index (χ1v) is 12.0. The Morgan fingerprint density at radius 3 is 2.29 bits per heavy atom. The zero-order valence-electron chi connectivity index (χ0n) is 18.3. The minimum atomic E-state index is -0.299. The van der Waals surface area contributed by atoms with Crippen molar-refractivity contribution >= 4 is 17.7 Å². The van der Waals surface area contributed by atoms with E-state index in [4.69, 9.17) is 4.74 Å². The molecule has 0 spiro atoms. The monoisotopic (exact) mass is 424 g/mol. The molecule has 1 aromatic carbocycles. The van der Waals surface area contributed by atoms with Crippen LogP contribution in [0.3, 0.4) is 0 Å². The lowest BCUT2D eigenvalue weighted by Crippen LogP contribution is -2.44. The first-order chi connectivity index (χ1) is 15.1. The maximum absolute atomic E-state index is 13.5. The zero-order chi connectivity index (χ0) is 21.5. The van der Waals surface area contributed by atoms with Crippen molar-refractivity contribution in [3.8, 4) is 0 Å². The highest BCUT2D eigenvalue weighted by atomic mass is 16.5. The Morgan fingerprint density at radius 1 is 1.00 bits per heavy atom. The third-order valence-corrected chi connectivity index (χ3v) is 7.59. The summed E-state index contributed by atoms with van der Waals surface area (Å²) in [6.45, 7) is 3.23. The van der Waals surface area contributed by atoms with Gasteiger partial charge in [-0.3, -0.25) is 19.3 Å². The van der Waals surface area contributed by atoms with Crippen LogP contribution in [-0.4, -0.2) is 58.9 Å². The minimum Gasteiger partial charge on any atom is -0.376 e. The summed E-state index contributed by atoms with van der Waals surface area (Å²) in [6.07, 6.45) is 9.61. The van der Waals surface area contributed by atoms with Gasteiger partial charge in [0.05, 0.1) is 23.8 Å². The Balaban J connectivity index is 1.34. The standard InChI is InChI=1S/C25H32N2O4/c1-2-16-5-8-18(9-6-16)27(19-10-11-19)23(28)17-7-12-21-22(14-17)25(30)26(24(21)29)15-20-4-3-13-31-20/h7,12,14,16,18-20H,2-6,8-11,13,15H2,1H3. The Morgan fingerprint density at radius 2 is 1.68 bits per heavy atom. The number of hydrogen-bond donors (Lipinski definition) is 0. The van der Waals surface area contributed by atoms with Gasteiger partial charge in [-0.25, -0.2) is 0 Å². The van der Waals surface area contributed by atoms with Gasteiger partial charge in [-0.05, 0) is 75.5 Å². The van der Waals surface area contributed by atoms with Crippen LogP contribution in [0.5, 0.6) is 0 Å². The van der Waals surface area contributed by atoms with Crippen LogP contribution >= 0.6 is 0 Å². The van der Waals surface area contributed by atoms with Crippen LogP contribution in [0.2, 0.25) is 0 Å². The number of fused-ring (bicyclic) bond motifs is 1. The molecule has 0 aromatic heterocycles. The molecule has 5 rings (SSSR count). The predicted octanol–water partition coefficient (Wildman–Crippen LogP) is 4.04.